The molecule has 1 aromatic rings. The Morgan fingerprint density at radius 3 is 2.78 bits per heavy atom. The van der Waals surface area contributed by atoms with Gasteiger partial charge < -0.3 is 15.2 Å². The largest absolute Gasteiger partial charge is 0.361 e. The highest BCUT2D eigenvalue weighted by molar-refractivity contribution is 5.86. The number of aryl methyl sites for hydroxylation is 2. The van der Waals surface area contributed by atoms with E-state index in [1.165, 1.54) is 0 Å². The van der Waals surface area contributed by atoms with E-state index in [2.05, 4.69) is 15.8 Å². The van der Waals surface area contributed by atoms with Gasteiger partial charge in [0.2, 0.25) is 5.91 Å². The zero-order valence-electron chi connectivity index (χ0n) is 11.5. The Bertz CT molecular complexity index is 428. The van der Waals surface area contributed by atoms with Crippen molar-refractivity contribution < 1.29 is 9.32 Å². The molecule has 1 aliphatic rings. The van der Waals surface area contributed by atoms with Gasteiger partial charge in [0.05, 0.1) is 17.3 Å². The number of nitrogens with one attached hydrogen (secondary N) is 2. The summed E-state index contributed by atoms with van der Waals surface area (Å²) in [6.07, 6.45) is 1.93. The zero-order chi connectivity index (χ0) is 13.3. The highest BCUT2D eigenvalue weighted by atomic mass is 16.5. The summed E-state index contributed by atoms with van der Waals surface area (Å²) in [5, 5.41) is 10.2. The van der Waals surface area contributed by atoms with Crippen molar-refractivity contribution >= 4 is 5.91 Å². The molecule has 1 fully saturated rings. The molecule has 1 saturated heterocycles. The molecule has 5 heteroatoms. The first-order valence-electron chi connectivity index (χ1n) is 6.43. The number of aromatic nitrogens is 1. The number of amides is 1. The van der Waals surface area contributed by atoms with E-state index in [0.717, 1.165) is 36.4 Å². The smallest absolute Gasteiger partial charge is 0.240 e. The average Bonchev–Trinajstić information content (AvgIpc) is 2.87. The summed E-state index contributed by atoms with van der Waals surface area (Å²) in [6, 6.07) is -0.0806. The van der Waals surface area contributed by atoms with E-state index in [1.54, 1.807) is 0 Å². The van der Waals surface area contributed by atoms with Crippen molar-refractivity contribution in [3.05, 3.63) is 17.0 Å². The third-order valence-electron chi connectivity index (χ3n) is 3.74. The second-order valence-electron chi connectivity index (χ2n) is 5.30. The van der Waals surface area contributed by atoms with E-state index in [1.807, 2.05) is 27.7 Å². The monoisotopic (exact) mass is 251 g/mol. The molecule has 2 rings (SSSR count). The van der Waals surface area contributed by atoms with E-state index < -0.39 is 5.54 Å². The minimum atomic E-state index is -0.437. The molecular weight excluding hydrogens is 230 g/mol. The van der Waals surface area contributed by atoms with Crippen LogP contribution in [0.5, 0.6) is 0 Å². The lowest BCUT2D eigenvalue weighted by atomic mass is 9.98. The van der Waals surface area contributed by atoms with Crippen LogP contribution in [-0.2, 0) is 4.79 Å². The van der Waals surface area contributed by atoms with Gasteiger partial charge in [-0.1, -0.05) is 5.16 Å². The normalized spacial score (nSPS) is 25.1. The van der Waals surface area contributed by atoms with Crippen molar-refractivity contribution in [1.29, 1.82) is 0 Å². The molecule has 0 aliphatic carbocycles. The second-order valence-corrected chi connectivity index (χ2v) is 5.30. The Morgan fingerprint density at radius 1 is 1.56 bits per heavy atom. The quantitative estimate of drug-likeness (QED) is 0.856. The molecule has 1 amide bonds. The van der Waals surface area contributed by atoms with Gasteiger partial charge in [-0.25, -0.2) is 0 Å². The summed E-state index contributed by atoms with van der Waals surface area (Å²) in [5.74, 6) is 0.817. The molecule has 2 N–H and O–H groups in total. The predicted octanol–water partition coefficient (Wildman–Crippen LogP) is 1.61. The van der Waals surface area contributed by atoms with Gasteiger partial charge in [-0.15, -0.1) is 0 Å². The topological polar surface area (TPSA) is 67.2 Å². The van der Waals surface area contributed by atoms with Crippen molar-refractivity contribution in [2.24, 2.45) is 0 Å². The van der Waals surface area contributed by atoms with E-state index >= 15 is 0 Å². The third kappa shape index (κ3) is 2.27. The van der Waals surface area contributed by atoms with Crippen LogP contribution in [0.15, 0.2) is 4.52 Å². The molecule has 2 atom stereocenters. The number of rotatable bonds is 3. The number of carbonyl (C=O) groups excluding carboxylic acids is 1. The van der Waals surface area contributed by atoms with Crippen LogP contribution in [0.1, 0.15) is 49.7 Å². The SMILES string of the molecule is Cc1noc(C)c1C(C)NC(=O)C1(C)CCCN1. The maximum Gasteiger partial charge on any atom is 0.240 e. The number of hydrogen-bond acceptors (Lipinski definition) is 4. The zero-order valence-corrected chi connectivity index (χ0v) is 11.5. The molecule has 1 aromatic heterocycles. The minimum Gasteiger partial charge on any atom is -0.361 e. The van der Waals surface area contributed by atoms with Crippen LogP contribution in [0.3, 0.4) is 0 Å². The second kappa shape index (κ2) is 4.72. The minimum absolute atomic E-state index is 0.0486. The van der Waals surface area contributed by atoms with Gasteiger partial charge in [-0.3, -0.25) is 4.79 Å². The van der Waals surface area contributed by atoms with Crippen molar-refractivity contribution in [3.8, 4) is 0 Å². The highest BCUT2D eigenvalue weighted by Gasteiger charge is 2.36. The fourth-order valence-corrected chi connectivity index (χ4v) is 2.62. The third-order valence-corrected chi connectivity index (χ3v) is 3.74. The molecule has 0 radical (unpaired) electrons. The highest BCUT2D eigenvalue weighted by Crippen LogP contribution is 2.24. The molecule has 0 saturated carbocycles. The van der Waals surface area contributed by atoms with Crippen LogP contribution in [0.25, 0.3) is 0 Å². The Labute approximate surface area is 107 Å². The average molecular weight is 251 g/mol. The first-order chi connectivity index (χ1) is 8.44. The van der Waals surface area contributed by atoms with Crippen molar-refractivity contribution in [2.45, 2.75) is 52.1 Å². The van der Waals surface area contributed by atoms with Gasteiger partial charge >= 0.3 is 0 Å². The van der Waals surface area contributed by atoms with E-state index in [0.29, 0.717) is 0 Å². The van der Waals surface area contributed by atoms with Gasteiger partial charge in [-0.2, -0.15) is 0 Å². The van der Waals surface area contributed by atoms with Crippen molar-refractivity contribution in [2.75, 3.05) is 6.54 Å². The molecular formula is C13H21N3O2. The van der Waals surface area contributed by atoms with Gasteiger partial charge in [0.25, 0.3) is 0 Å². The lowest BCUT2D eigenvalue weighted by Crippen LogP contribution is -2.51. The lowest BCUT2D eigenvalue weighted by Gasteiger charge is -2.25. The van der Waals surface area contributed by atoms with Gasteiger partial charge in [0.1, 0.15) is 5.76 Å². The van der Waals surface area contributed by atoms with Crippen LogP contribution in [-0.4, -0.2) is 23.1 Å². The summed E-state index contributed by atoms with van der Waals surface area (Å²) >= 11 is 0. The number of nitrogens with zero attached hydrogens (tertiary/aromatic N) is 1. The van der Waals surface area contributed by atoms with Crippen LogP contribution in [0, 0.1) is 13.8 Å². The summed E-state index contributed by atoms with van der Waals surface area (Å²) in [5.41, 5.74) is 1.38. The first-order valence-corrected chi connectivity index (χ1v) is 6.43. The van der Waals surface area contributed by atoms with Crippen LogP contribution >= 0.6 is 0 Å². The van der Waals surface area contributed by atoms with Gasteiger partial charge in [0.15, 0.2) is 0 Å². The van der Waals surface area contributed by atoms with Crippen LogP contribution < -0.4 is 10.6 Å². The number of hydrogen-bond donors (Lipinski definition) is 2. The Morgan fingerprint density at radius 2 is 2.28 bits per heavy atom. The van der Waals surface area contributed by atoms with Crippen molar-refractivity contribution in [1.82, 2.24) is 15.8 Å². The molecule has 0 spiro atoms. The fourth-order valence-electron chi connectivity index (χ4n) is 2.62. The molecule has 5 nitrogen and oxygen atoms in total. The first kappa shape index (κ1) is 13.1. The van der Waals surface area contributed by atoms with E-state index in [9.17, 15) is 4.79 Å². The molecule has 18 heavy (non-hydrogen) atoms. The van der Waals surface area contributed by atoms with Gasteiger partial charge in [-0.05, 0) is 47.1 Å². The molecule has 0 aromatic carbocycles. The Hall–Kier alpha value is -1.36. The maximum absolute atomic E-state index is 12.3. The predicted molar refractivity (Wildman–Crippen MR) is 68.2 cm³/mol. The molecule has 2 unspecified atom stereocenters. The van der Waals surface area contributed by atoms with Crippen LogP contribution in [0.2, 0.25) is 0 Å². The fraction of sp³-hybridized carbons (Fsp3) is 0.692. The molecule has 0 bridgehead atoms. The molecule has 2 heterocycles. The molecule has 100 valence electrons. The lowest BCUT2D eigenvalue weighted by molar-refractivity contribution is -0.127. The summed E-state index contributed by atoms with van der Waals surface area (Å²) in [7, 11) is 0. The Balaban J connectivity index is 2.08. The summed E-state index contributed by atoms with van der Waals surface area (Å²) in [6.45, 7) is 8.58. The standard InChI is InChI=1S/C13H21N3O2/c1-8(11-9(2)16-18-10(11)3)15-12(17)13(4)6-5-7-14-13/h8,14H,5-7H2,1-4H3,(H,15,17). The maximum atomic E-state index is 12.3. The van der Waals surface area contributed by atoms with E-state index in [4.69, 9.17) is 4.52 Å². The van der Waals surface area contributed by atoms with Crippen molar-refractivity contribution in [3.63, 3.8) is 0 Å². The number of carbonyl (C=O) groups is 1. The van der Waals surface area contributed by atoms with Gasteiger partial charge in [0, 0.05) is 5.56 Å². The Kier molecular flexibility index (Phi) is 3.43. The summed E-state index contributed by atoms with van der Waals surface area (Å²) < 4.78 is 5.13. The molecule has 1 aliphatic heterocycles. The van der Waals surface area contributed by atoms with E-state index in [-0.39, 0.29) is 11.9 Å². The van der Waals surface area contributed by atoms with Crippen LogP contribution in [0.4, 0.5) is 0 Å². The summed E-state index contributed by atoms with van der Waals surface area (Å²) in [4.78, 5) is 12.3.